The molecule has 0 unspecified atom stereocenters. The fourth-order valence-electron chi connectivity index (χ4n) is 13.8. The summed E-state index contributed by atoms with van der Waals surface area (Å²) < 4.78 is 0. The van der Waals surface area contributed by atoms with Gasteiger partial charge >= 0.3 is 0 Å². The van der Waals surface area contributed by atoms with Crippen molar-refractivity contribution in [2.24, 2.45) is 0 Å². The summed E-state index contributed by atoms with van der Waals surface area (Å²) in [5, 5.41) is 7.98. The minimum absolute atomic E-state index is 0.0794. The van der Waals surface area contributed by atoms with Gasteiger partial charge in [-0.3, -0.25) is 0 Å². The van der Waals surface area contributed by atoms with Crippen molar-refractivity contribution in [3.8, 4) is 66.8 Å². The highest BCUT2D eigenvalue weighted by atomic mass is 14.5. The van der Waals surface area contributed by atoms with Gasteiger partial charge in [-0.2, -0.15) is 0 Å². The normalized spacial score (nSPS) is 16.7. The Kier molecular flexibility index (Phi) is 7.22. The van der Waals surface area contributed by atoms with Gasteiger partial charge in [0.2, 0.25) is 0 Å². The number of hydrogen-bond donors (Lipinski definition) is 0. The topological polar surface area (TPSA) is 0 Å². The number of fused-ring (bicyclic) bond motifs is 18. The first-order valence-electron chi connectivity index (χ1n) is 24.0. The number of rotatable bonds is 2. The third-order valence-corrected chi connectivity index (χ3v) is 17.3. The molecule has 0 spiro atoms. The first-order valence-corrected chi connectivity index (χ1v) is 24.0. The van der Waals surface area contributed by atoms with Crippen LogP contribution in [0.4, 0.5) is 0 Å². The van der Waals surface area contributed by atoms with Crippen molar-refractivity contribution < 1.29 is 0 Å². The molecule has 0 saturated carbocycles. The van der Waals surface area contributed by atoms with Crippen LogP contribution in [0.2, 0.25) is 0 Å². The maximum Gasteiger partial charge on any atom is 0.0159 e. The lowest BCUT2D eigenvalue weighted by Crippen LogP contribution is -2.19. The lowest BCUT2D eigenvalue weighted by molar-refractivity contribution is 0.639. The molecular weight excluding hydrogens is 793 g/mol. The van der Waals surface area contributed by atoms with Gasteiger partial charge in [-0.1, -0.05) is 195 Å². The minimum atomic E-state index is -0.204. The van der Waals surface area contributed by atoms with E-state index in [0.717, 1.165) is 0 Å². The molecular formula is C66H52. The van der Waals surface area contributed by atoms with Crippen molar-refractivity contribution in [3.63, 3.8) is 0 Å². The lowest BCUT2D eigenvalue weighted by Gasteiger charge is -2.27. The molecule has 316 valence electrons. The van der Waals surface area contributed by atoms with Gasteiger partial charge in [0.05, 0.1) is 0 Å². The largest absolute Gasteiger partial charge is 0.0619 e. The van der Waals surface area contributed by atoms with Crippen LogP contribution in [0, 0.1) is 0 Å². The molecule has 0 heteroatoms. The zero-order chi connectivity index (χ0) is 44.8. The summed E-state index contributed by atoms with van der Waals surface area (Å²) in [6.45, 7) is 19.5. The molecule has 0 nitrogen and oxygen atoms in total. The third-order valence-electron chi connectivity index (χ3n) is 17.3. The van der Waals surface area contributed by atoms with E-state index in [2.05, 4.69) is 225 Å². The van der Waals surface area contributed by atoms with Crippen molar-refractivity contribution in [1.29, 1.82) is 0 Å². The smallest absolute Gasteiger partial charge is 0.0159 e. The quantitative estimate of drug-likeness (QED) is 0.163. The van der Waals surface area contributed by atoms with Crippen LogP contribution in [-0.2, 0) is 21.7 Å². The van der Waals surface area contributed by atoms with E-state index in [1.807, 2.05) is 0 Å². The van der Waals surface area contributed by atoms with Crippen molar-refractivity contribution >= 4 is 32.3 Å². The Bertz CT molecular complexity index is 3860. The second-order valence-electron chi connectivity index (χ2n) is 22.0. The highest BCUT2D eigenvalue weighted by molar-refractivity contribution is 6.16. The molecule has 10 aromatic rings. The molecule has 0 heterocycles. The van der Waals surface area contributed by atoms with Gasteiger partial charge in [0.1, 0.15) is 0 Å². The van der Waals surface area contributed by atoms with Gasteiger partial charge in [-0.25, -0.2) is 0 Å². The Morgan fingerprint density at radius 3 is 1.09 bits per heavy atom. The molecule has 0 bridgehead atoms. The molecule has 0 radical (unpaired) electrons. The number of hydrogen-bond acceptors (Lipinski definition) is 0. The predicted molar refractivity (Wildman–Crippen MR) is 280 cm³/mol. The van der Waals surface area contributed by atoms with Crippen LogP contribution in [0.1, 0.15) is 99.9 Å². The summed E-state index contributed by atoms with van der Waals surface area (Å²) >= 11 is 0. The summed E-state index contributed by atoms with van der Waals surface area (Å²) in [4.78, 5) is 0. The van der Waals surface area contributed by atoms with E-state index in [0.29, 0.717) is 0 Å². The SMILES string of the molecule is CC1(C)c2cc(-c3cc4c(c5ccccc35)-c3ccccc3C4(C)C)ccc2-c2cc3c(cc21)C(C)(C)c1cc(-c2cc4c(c5ccccc25)-c2ccccc2C4(C)C)c2ccccc2c1-3. The Labute approximate surface area is 388 Å². The van der Waals surface area contributed by atoms with E-state index >= 15 is 0 Å². The standard InChI is InChI=1S/C66H52/c1-63(2)52-27-17-15-25-45(52)60-42-22-12-9-19-38(42)47(33-57(60)63)37-29-30-41-50-32-51-56(36-55(50)65(5,6)54(41)31-37)66(7,8)59-35-49(40-21-11-14-24-44(40)62(51)59)48-34-58-61(43-23-13-10-20-39(43)48)46-26-16-18-28-53(46)64(58,3)4/h9-36H,1-8H3. The number of benzene rings is 10. The van der Waals surface area contributed by atoms with Crippen molar-refractivity contribution in [2.45, 2.75) is 77.0 Å². The van der Waals surface area contributed by atoms with E-state index in [-0.39, 0.29) is 21.7 Å². The van der Waals surface area contributed by atoms with Gasteiger partial charge in [-0.05, 0) is 174 Å². The molecule has 4 aliphatic carbocycles. The zero-order valence-electron chi connectivity index (χ0n) is 39.2. The predicted octanol–water partition coefficient (Wildman–Crippen LogP) is 17.7. The van der Waals surface area contributed by atoms with Crippen LogP contribution in [-0.4, -0.2) is 0 Å². The molecule has 66 heavy (non-hydrogen) atoms. The molecule has 0 N–H and O–H groups in total. The Morgan fingerprint density at radius 1 is 0.212 bits per heavy atom. The summed E-state index contributed by atoms with van der Waals surface area (Å²) in [7, 11) is 0. The summed E-state index contributed by atoms with van der Waals surface area (Å²) in [5.41, 5.74) is 27.1. The maximum atomic E-state index is 2.61. The third kappa shape index (κ3) is 4.60. The Morgan fingerprint density at radius 2 is 0.576 bits per heavy atom. The first-order chi connectivity index (χ1) is 31.8. The van der Waals surface area contributed by atoms with Crippen LogP contribution >= 0.6 is 0 Å². The molecule has 10 aromatic carbocycles. The monoisotopic (exact) mass is 844 g/mol. The highest BCUT2D eigenvalue weighted by Gasteiger charge is 2.44. The van der Waals surface area contributed by atoms with Crippen LogP contribution in [0.3, 0.4) is 0 Å². The van der Waals surface area contributed by atoms with E-state index in [1.165, 1.54) is 144 Å². The van der Waals surface area contributed by atoms with Crippen molar-refractivity contribution in [2.75, 3.05) is 0 Å². The Balaban J connectivity index is 0.950. The van der Waals surface area contributed by atoms with Gasteiger partial charge in [0.15, 0.2) is 0 Å². The van der Waals surface area contributed by atoms with Gasteiger partial charge < -0.3 is 0 Å². The maximum absolute atomic E-state index is 2.61. The Hall–Kier alpha value is -7.02. The minimum Gasteiger partial charge on any atom is -0.0619 e. The highest BCUT2D eigenvalue weighted by Crippen LogP contribution is 2.61. The molecule has 4 aliphatic rings. The second kappa shape index (κ2) is 12.4. The molecule has 0 atom stereocenters. The molecule has 0 amide bonds. The lowest BCUT2D eigenvalue weighted by atomic mass is 9.76. The average molecular weight is 845 g/mol. The van der Waals surface area contributed by atoms with E-state index < -0.39 is 0 Å². The van der Waals surface area contributed by atoms with Gasteiger partial charge in [0, 0.05) is 21.7 Å². The van der Waals surface area contributed by atoms with E-state index in [1.54, 1.807) is 0 Å². The summed E-state index contributed by atoms with van der Waals surface area (Å²) in [6.07, 6.45) is 0. The fraction of sp³-hybridized carbons (Fsp3) is 0.182. The molecule has 0 fully saturated rings. The van der Waals surface area contributed by atoms with Gasteiger partial charge in [0.25, 0.3) is 0 Å². The van der Waals surface area contributed by atoms with E-state index in [9.17, 15) is 0 Å². The molecule has 0 aliphatic heterocycles. The first kappa shape index (κ1) is 38.3. The summed E-state index contributed by atoms with van der Waals surface area (Å²) in [6, 6.07) is 65.8. The van der Waals surface area contributed by atoms with Gasteiger partial charge in [-0.15, -0.1) is 0 Å². The zero-order valence-corrected chi connectivity index (χ0v) is 39.2. The van der Waals surface area contributed by atoms with Crippen molar-refractivity contribution in [1.82, 2.24) is 0 Å². The molecule has 0 saturated heterocycles. The van der Waals surface area contributed by atoms with Crippen LogP contribution < -0.4 is 0 Å². The van der Waals surface area contributed by atoms with Crippen LogP contribution in [0.15, 0.2) is 170 Å². The average Bonchev–Trinajstić information content (AvgIpc) is 3.90. The molecule has 0 aromatic heterocycles. The van der Waals surface area contributed by atoms with Crippen LogP contribution in [0.25, 0.3) is 99.1 Å². The van der Waals surface area contributed by atoms with Crippen molar-refractivity contribution in [3.05, 3.63) is 214 Å². The van der Waals surface area contributed by atoms with Crippen LogP contribution in [0.5, 0.6) is 0 Å². The summed E-state index contributed by atoms with van der Waals surface area (Å²) in [5.74, 6) is 0. The second-order valence-corrected chi connectivity index (χ2v) is 22.0. The van der Waals surface area contributed by atoms with E-state index in [4.69, 9.17) is 0 Å². The fourth-order valence-corrected chi connectivity index (χ4v) is 13.8. The molecule has 14 rings (SSSR count).